The number of aliphatic hydroxyl groups excluding tert-OH is 1. The van der Waals surface area contributed by atoms with Crippen LogP contribution in [0.4, 0.5) is 0 Å². The van der Waals surface area contributed by atoms with Crippen LogP contribution in [0.25, 0.3) is 0 Å². The molecule has 5 heteroatoms. The van der Waals surface area contributed by atoms with Gasteiger partial charge in [-0.25, -0.2) is 0 Å². The molecule has 5 nitrogen and oxygen atoms in total. The molecular formula is C16H26N2O3. The lowest BCUT2D eigenvalue weighted by Gasteiger charge is -2.17. The summed E-state index contributed by atoms with van der Waals surface area (Å²) < 4.78 is 0. The molecule has 0 radical (unpaired) electrons. The molecule has 0 aliphatic rings. The molecule has 0 aliphatic heterocycles. The highest BCUT2D eigenvalue weighted by Crippen LogP contribution is 2.20. The highest BCUT2D eigenvalue weighted by atomic mass is 16.3. The summed E-state index contributed by atoms with van der Waals surface area (Å²) in [6, 6.07) is 0. The maximum atomic E-state index is 12.3. The van der Waals surface area contributed by atoms with E-state index in [0.29, 0.717) is 23.4 Å². The second-order valence-corrected chi connectivity index (χ2v) is 5.55. The zero-order valence-corrected chi connectivity index (χ0v) is 13.5. The van der Waals surface area contributed by atoms with Crippen molar-refractivity contribution < 1.29 is 14.7 Å². The molecule has 1 heterocycles. The number of nitrogens with one attached hydrogen (secondary N) is 2. The number of amides is 1. The van der Waals surface area contributed by atoms with E-state index in [4.69, 9.17) is 0 Å². The molecule has 3 N–H and O–H groups in total. The zero-order chi connectivity index (χ0) is 16.2. The fourth-order valence-corrected chi connectivity index (χ4v) is 2.46. The molecule has 21 heavy (non-hydrogen) atoms. The van der Waals surface area contributed by atoms with E-state index in [2.05, 4.69) is 10.3 Å². The van der Waals surface area contributed by atoms with E-state index in [9.17, 15) is 14.7 Å². The number of H-pyrrole nitrogens is 1. The van der Waals surface area contributed by atoms with Gasteiger partial charge >= 0.3 is 0 Å². The van der Waals surface area contributed by atoms with E-state index in [1.165, 1.54) is 6.92 Å². The lowest BCUT2D eigenvalue weighted by Crippen LogP contribution is -2.35. The van der Waals surface area contributed by atoms with Crippen LogP contribution in [0.15, 0.2) is 0 Å². The number of carbonyl (C=O) groups excluding carboxylic acids is 2. The number of aromatic amines is 1. The summed E-state index contributed by atoms with van der Waals surface area (Å²) in [5, 5.41) is 12.6. The van der Waals surface area contributed by atoms with Crippen LogP contribution < -0.4 is 5.32 Å². The number of Topliss-reactive ketones (excluding diaryl/α,β-unsaturated/α-hetero) is 1. The van der Waals surface area contributed by atoms with Gasteiger partial charge in [0.15, 0.2) is 5.78 Å². The average molecular weight is 294 g/mol. The van der Waals surface area contributed by atoms with E-state index in [0.717, 1.165) is 12.0 Å². The number of carbonyl (C=O) groups is 2. The predicted molar refractivity (Wildman–Crippen MR) is 82.7 cm³/mol. The molecule has 0 aromatic carbocycles. The Morgan fingerprint density at radius 1 is 1.33 bits per heavy atom. The minimum Gasteiger partial charge on any atom is -0.391 e. The number of ketones is 1. The van der Waals surface area contributed by atoms with Crippen molar-refractivity contribution in [2.45, 2.75) is 53.6 Å². The van der Waals surface area contributed by atoms with E-state index in [1.54, 1.807) is 6.92 Å². The third kappa shape index (κ3) is 3.94. The lowest BCUT2D eigenvalue weighted by atomic mass is 10.0. The Hall–Kier alpha value is -1.62. The summed E-state index contributed by atoms with van der Waals surface area (Å²) in [6.07, 6.45) is 0.899. The van der Waals surface area contributed by atoms with Crippen molar-refractivity contribution >= 4 is 11.7 Å². The van der Waals surface area contributed by atoms with E-state index < -0.39 is 6.10 Å². The van der Waals surface area contributed by atoms with Gasteiger partial charge in [0.2, 0.25) is 0 Å². The molecule has 118 valence electrons. The van der Waals surface area contributed by atoms with Gasteiger partial charge in [0.25, 0.3) is 5.91 Å². The largest absolute Gasteiger partial charge is 0.391 e. The monoisotopic (exact) mass is 294 g/mol. The molecule has 0 saturated carbocycles. The van der Waals surface area contributed by atoms with Crippen molar-refractivity contribution in [3.05, 3.63) is 22.5 Å². The smallest absolute Gasteiger partial charge is 0.268 e. The van der Waals surface area contributed by atoms with E-state index in [1.807, 2.05) is 20.8 Å². The van der Waals surface area contributed by atoms with Crippen molar-refractivity contribution in [2.24, 2.45) is 5.92 Å². The molecule has 0 spiro atoms. The van der Waals surface area contributed by atoms with Gasteiger partial charge in [0, 0.05) is 17.8 Å². The molecule has 0 aliphatic carbocycles. The van der Waals surface area contributed by atoms with Gasteiger partial charge in [-0.05, 0) is 31.7 Å². The first-order valence-corrected chi connectivity index (χ1v) is 7.51. The first kappa shape index (κ1) is 17.4. The molecule has 1 rings (SSSR count). The molecule has 1 aromatic heterocycles. The third-order valence-corrected chi connectivity index (χ3v) is 4.00. The van der Waals surface area contributed by atoms with Crippen LogP contribution in [0.3, 0.4) is 0 Å². The molecular weight excluding hydrogens is 268 g/mol. The van der Waals surface area contributed by atoms with Crippen LogP contribution in [-0.4, -0.2) is 34.4 Å². The third-order valence-electron chi connectivity index (χ3n) is 4.00. The minimum absolute atomic E-state index is 0.0423. The molecule has 0 saturated heterocycles. The van der Waals surface area contributed by atoms with E-state index >= 15 is 0 Å². The SMILES string of the molecule is CCc1c(C(=O)NCC(O)C(C)CC)[nH]c(C)c1C(C)=O. The standard InChI is InChI=1S/C16H26N2O3/c1-6-9(3)13(20)8-17-16(21)15-12(7-2)14(11(5)19)10(4)18-15/h9,13,18,20H,6-8H2,1-5H3,(H,17,21). The van der Waals surface area contributed by atoms with Crippen molar-refractivity contribution in [1.82, 2.24) is 10.3 Å². The number of rotatable bonds is 7. The normalized spacial score (nSPS) is 13.8. The summed E-state index contributed by atoms with van der Waals surface area (Å²) in [5.74, 6) is -0.182. The van der Waals surface area contributed by atoms with Crippen LogP contribution >= 0.6 is 0 Å². The Morgan fingerprint density at radius 3 is 2.43 bits per heavy atom. The number of aryl methyl sites for hydroxylation is 1. The number of hydrogen-bond donors (Lipinski definition) is 3. The maximum absolute atomic E-state index is 12.3. The van der Waals surface area contributed by atoms with Crippen molar-refractivity contribution in [1.29, 1.82) is 0 Å². The van der Waals surface area contributed by atoms with E-state index in [-0.39, 0.29) is 24.2 Å². The van der Waals surface area contributed by atoms with Crippen molar-refractivity contribution in [2.75, 3.05) is 6.54 Å². The first-order valence-electron chi connectivity index (χ1n) is 7.51. The number of hydrogen-bond acceptors (Lipinski definition) is 3. The highest BCUT2D eigenvalue weighted by Gasteiger charge is 2.22. The summed E-state index contributed by atoms with van der Waals surface area (Å²) in [7, 11) is 0. The topological polar surface area (TPSA) is 82.2 Å². The molecule has 0 fully saturated rings. The highest BCUT2D eigenvalue weighted by molar-refractivity contribution is 6.02. The summed E-state index contributed by atoms with van der Waals surface area (Å²) in [4.78, 5) is 26.9. The minimum atomic E-state index is -0.563. The Bertz CT molecular complexity index is 520. The molecule has 2 atom stereocenters. The second-order valence-electron chi connectivity index (χ2n) is 5.55. The summed E-state index contributed by atoms with van der Waals surface area (Å²) in [6.45, 7) is 9.37. The molecule has 0 bridgehead atoms. The predicted octanol–water partition coefficient (Wildman–Crippen LogP) is 2.22. The summed E-state index contributed by atoms with van der Waals surface area (Å²) >= 11 is 0. The Morgan fingerprint density at radius 2 is 1.95 bits per heavy atom. The van der Waals surface area contributed by atoms with Crippen LogP contribution in [0.5, 0.6) is 0 Å². The van der Waals surface area contributed by atoms with Gasteiger partial charge in [0.1, 0.15) is 5.69 Å². The van der Waals surface area contributed by atoms with Crippen molar-refractivity contribution in [3.8, 4) is 0 Å². The van der Waals surface area contributed by atoms with Gasteiger partial charge < -0.3 is 15.4 Å². The van der Waals surface area contributed by atoms with Gasteiger partial charge in [-0.15, -0.1) is 0 Å². The summed E-state index contributed by atoms with van der Waals surface area (Å²) in [5.41, 5.74) is 2.49. The van der Waals surface area contributed by atoms with Crippen molar-refractivity contribution in [3.63, 3.8) is 0 Å². The first-order chi connectivity index (χ1) is 9.83. The number of aliphatic hydroxyl groups is 1. The molecule has 1 aromatic rings. The Labute approximate surface area is 126 Å². The molecule has 1 amide bonds. The van der Waals surface area contributed by atoms with Crippen LogP contribution in [0, 0.1) is 12.8 Å². The van der Waals surface area contributed by atoms with Gasteiger partial charge in [-0.2, -0.15) is 0 Å². The fourth-order valence-electron chi connectivity index (χ4n) is 2.46. The lowest BCUT2D eigenvalue weighted by molar-refractivity contribution is 0.0845. The number of aromatic nitrogens is 1. The molecule has 2 unspecified atom stereocenters. The Balaban J connectivity index is 2.89. The zero-order valence-electron chi connectivity index (χ0n) is 13.5. The van der Waals surface area contributed by atoms with Gasteiger partial charge in [0.05, 0.1) is 6.10 Å². The van der Waals surface area contributed by atoms with Crippen LogP contribution in [-0.2, 0) is 6.42 Å². The maximum Gasteiger partial charge on any atom is 0.268 e. The quantitative estimate of drug-likeness (QED) is 0.674. The van der Waals surface area contributed by atoms with Crippen LogP contribution in [0.1, 0.15) is 66.2 Å². The van der Waals surface area contributed by atoms with Gasteiger partial charge in [-0.3, -0.25) is 9.59 Å². The fraction of sp³-hybridized carbons (Fsp3) is 0.625. The van der Waals surface area contributed by atoms with Gasteiger partial charge in [-0.1, -0.05) is 27.2 Å². The Kier molecular flexibility index (Phi) is 6.15. The average Bonchev–Trinajstić information content (AvgIpc) is 2.80. The van der Waals surface area contributed by atoms with Crippen LogP contribution in [0.2, 0.25) is 0 Å². The second kappa shape index (κ2) is 7.41.